The van der Waals surface area contributed by atoms with Crippen LogP contribution in [0.4, 0.5) is 27.6 Å². The maximum atomic E-state index is 14.2. The number of ether oxygens (including phenoxy) is 1. The van der Waals surface area contributed by atoms with E-state index in [1.165, 1.54) is 25.1 Å². The van der Waals surface area contributed by atoms with Crippen LogP contribution < -0.4 is 9.75 Å². The van der Waals surface area contributed by atoms with Crippen molar-refractivity contribution in [3.05, 3.63) is 62.4 Å². The molecule has 0 fully saturated rings. The first-order chi connectivity index (χ1) is 14.4. The number of halogens is 7. The number of benzene rings is 2. The van der Waals surface area contributed by atoms with Crippen LogP contribution >= 0.6 is 23.2 Å². The summed E-state index contributed by atoms with van der Waals surface area (Å²) in [6, 6.07) is 2.85. The Bertz CT molecular complexity index is 1140. The van der Waals surface area contributed by atoms with Crippen LogP contribution in [-0.2, 0) is 4.79 Å². The Morgan fingerprint density at radius 2 is 1.55 bits per heavy atom. The number of carbonyl (C=O) groups is 1. The van der Waals surface area contributed by atoms with Crippen molar-refractivity contribution in [2.45, 2.75) is 26.9 Å². The molecule has 11 heteroatoms. The molecule has 0 saturated carbocycles. The molecular formula is C20H13Cl2F5N2O2. The normalized spacial score (nSPS) is 15.3. The summed E-state index contributed by atoms with van der Waals surface area (Å²) in [7, 11) is 0. The van der Waals surface area contributed by atoms with Crippen molar-refractivity contribution >= 4 is 46.6 Å². The predicted octanol–water partition coefficient (Wildman–Crippen LogP) is 6.28. The molecule has 1 amide bonds. The molecule has 2 aromatic carbocycles. The molecule has 3 rings (SSSR count). The second-order valence-corrected chi connectivity index (χ2v) is 7.60. The second kappa shape index (κ2) is 8.47. The third kappa shape index (κ3) is 4.12. The average molecular weight is 479 g/mol. The zero-order chi connectivity index (χ0) is 23.2. The van der Waals surface area contributed by atoms with E-state index in [4.69, 9.17) is 27.9 Å². The molecule has 1 heterocycles. The van der Waals surface area contributed by atoms with E-state index in [-0.39, 0.29) is 43.8 Å². The number of amides is 1. The van der Waals surface area contributed by atoms with Gasteiger partial charge in [0.25, 0.3) is 5.91 Å². The molecule has 0 aromatic heterocycles. The van der Waals surface area contributed by atoms with Crippen molar-refractivity contribution < 1.29 is 31.5 Å². The van der Waals surface area contributed by atoms with Crippen LogP contribution in [0.1, 0.15) is 26.3 Å². The van der Waals surface area contributed by atoms with E-state index in [1.54, 1.807) is 13.8 Å². The molecule has 31 heavy (non-hydrogen) atoms. The first-order valence-corrected chi connectivity index (χ1v) is 9.48. The lowest BCUT2D eigenvalue weighted by molar-refractivity contribution is -0.114. The molecule has 0 aliphatic carbocycles. The first kappa shape index (κ1) is 23.0. The van der Waals surface area contributed by atoms with Gasteiger partial charge in [-0.1, -0.05) is 23.2 Å². The second-order valence-electron chi connectivity index (χ2n) is 6.75. The highest BCUT2D eigenvalue weighted by Crippen LogP contribution is 2.37. The maximum Gasteiger partial charge on any atom is 0.280 e. The number of carbonyl (C=O) groups excluding carboxylic acids is 1. The highest BCUT2D eigenvalue weighted by molar-refractivity contribution is 6.36. The van der Waals surface area contributed by atoms with Gasteiger partial charge in [0.2, 0.25) is 5.82 Å². The lowest BCUT2D eigenvalue weighted by Crippen LogP contribution is -2.25. The van der Waals surface area contributed by atoms with Gasteiger partial charge in [-0.15, -0.1) is 0 Å². The zero-order valence-electron chi connectivity index (χ0n) is 16.2. The quantitative estimate of drug-likeness (QED) is 0.224. The van der Waals surface area contributed by atoms with Gasteiger partial charge in [0.15, 0.2) is 23.3 Å². The summed E-state index contributed by atoms with van der Waals surface area (Å²) in [4.78, 5) is 12.8. The summed E-state index contributed by atoms with van der Waals surface area (Å²) in [5.41, 5.74) is -1.45. The van der Waals surface area contributed by atoms with E-state index in [9.17, 15) is 26.7 Å². The summed E-state index contributed by atoms with van der Waals surface area (Å²) in [6.45, 7) is 4.80. The maximum absolute atomic E-state index is 14.2. The van der Waals surface area contributed by atoms with Gasteiger partial charge in [0, 0.05) is 10.6 Å². The van der Waals surface area contributed by atoms with E-state index in [0.717, 1.165) is 0 Å². The molecule has 0 spiro atoms. The summed E-state index contributed by atoms with van der Waals surface area (Å²) < 4.78 is 74.5. The Labute approximate surface area is 183 Å². The van der Waals surface area contributed by atoms with Gasteiger partial charge < -0.3 is 4.74 Å². The molecule has 4 nitrogen and oxygen atoms in total. The average Bonchev–Trinajstić information content (AvgIpc) is 2.95. The van der Waals surface area contributed by atoms with Crippen LogP contribution in [0.25, 0.3) is 6.08 Å². The Balaban J connectivity index is 2.13. The van der Waals surface area contributed by atoms with E-state index in [1.807, 2.05) is 0 Å². The SMILES string of the molecule is CC1=NN(c2c(F)c(F)c(F)c(F)c2F)C(=O)/C1=C\c1cc(Cl)cc(Cl)c1OC(C)C. The van der Waals surface area contributed by atoms with Gasteiger partial charge in [-0.2, -0.15) is 10.1 Å². The standard InChI is InChI=1S/C20H13Cl2F5N2O2/c1-7(2)31-19-9(4-10(21)6-12(19)22)5-11-8(3)28-29(20(11)30)18-16(26)14(24)13(23)15(25)17(18)27/h4-7H,1-3H3/b11-5-. The molecule has 0 N–H and O–H groups in total. The monoisotopic (exact) mass is 478 g/mol. The van der Waals surface area contributed by atoms with Crippen molar-refractivity contribution in [2.24, 2.45) is 5.10 Å². The molecule has 164 valence electrons. The molecule has 1 aliphatic rings. The predicted molar refractivity (Wildman–Crippen MR) is 107 cm³/mol. The molecule has 0 radical (unpaired) electrons. The number of nitrogens with zero attached hydrogens (tertiary/aromatic N) is 2. The smallest absolute Gasteiger partial charge is 0.280 e. The van der Waals surface area contributed by atoms with E-state index in [0.29, 0.717) is 0 Å². The zero-order valence-corrected chi connectivity index (χ0v) is 17.7. The minimum atomic E-state index is -2.34. The number of anilines is 1. The molecule has 0 unspecified atom stereocenters. The Hall–Kier alpha value is -2.65. The molecule has 0 atom stereocenters. The lowest BCUT2D eigenvalue weighted by Gasteiger charge is -2.16. The summed E-state index contributed by atoms with van der Waals surface area (Å²) in [6.07, 6.45) is 0.956. The van der Waals surface area contributed by atoms with E-state index >= 15 is 0 Å². The van der Waals surface area contributed by atoms with Crippen molar-refractivity contribution in [2.75, 3.05) is 5.01 Å². The highest BCUT2D eigenvalue weighted by Gasteiger charge is 2.37. The largest absolute Gasteiger partial charge is 0.489 e. The number of hydrazone groups is 1. The summed E-state index contributed by atoms with van der Waals surface area (Å²) in [5, 5.41) is 4.15. The van der Waals surface area contributed by atoms with Gasteiger partial charge in [0.05, 0.1) is 22.4 Å². The van der Waals surface area contributed by atoms with Gasteiger partial charge in [-0.25, -0.2) is 22.0 Å². The molecule has 0 saturated heterocycles. The van der Waals surface area contributed by atoms with Crippen LogP contribution in [0, 0.1) is 29.1 Å². The number of hydrogen-bond acceptors (Lipinski definition) is 3. The molecule has 1 aliphatic heterocycles. The minimum absolute atomic E-state index is 0.0412. The van der Waals surface area contributed by atoms with Gasteiger partial charge >= 0.3 is 0 Å². The van der Waals surface area contributed by atoms with Gasteiger partial charge in [0.1, 0.15) is 11.4 Å². The minimum Gasteiger partial charge on any atom is -0.489 e. The van der Waals surface area contributed by atoms with Gasteiger partial charge in [-0.05, 0) is 39.0 Å². The third-order valence-electron chi connectivity index (χ3n) is 4.15. The Kier molecular flexibility index (Phi) is 6.29. The third-order valence-corrected chi connectivity index (χ3v) is 4.65. The van der Waals surface area contributed by atoms with Crippen LogP contribution in [0.15, 0.2) is 22.8 Å². The van der Waals surface area contributed by atoms with E-state index < -0.39 is 40.7 Å². The fourth-order valence-electron chi connectivity index (χ4n) is 2.82. The molecular weight excluding hydrogens is 466 g/mol. The molecule has 2 aromatic rings. The molecule has 0 bridgehead atoms. The van der Waals surface area contributed by atoms with Crippen molar-refractivity contribution in [1.82, 2.24) is 0 Å². The fourth-order valence-corrected chi connectivity index (χ4v) is 3.37. The van der Waals surface area contributed by atoms with Crippen molar-refractivity contribution in [1.29, 1.82) is 0 Å². The topological polar surface area (TPSA) is 41.9 Å². The van der Waals surface area contributed by atoms with Crippen LogP contribution in [-0.4, -0.2) is 17.7 Å². The lowest BCUT2D eigenvalue weighted by atomic mass is 10.1. The summed E-state index contributed by atoms with van der Waals surface area (Å²) in [5.74, 6) is -12.0. The summed E-state index contributed by atoms with van der Waals surface area (Å²) >= 11 is 12.2. The van der Waals surface area contributed by atoms with Crippen molar-refractivity contribution in [3.63, 3.8) is 0 Å². The van der Waals surface area contributed by atoms with E-state index in [2.05, 4.69) is 5.10 Å². The van der Waals surface area contributed by atoms with Crippen LogP contribution in [0.5, 0.6) is 5.75 Å². The highest BCUT2D eigenvalue weighted by atomic mass is 35.5. The fraction of sp³-hybridized carbons (Fsp3) is 0.200. The Morgan fingerprint density at radius 3 is 2.10 bits per heavy atom. The number of hydrogen-bond donors (Lipinski definition) is 0. The van der Waals surface area contributed by atoms with Crippen LogP contribution in [0.3, 0.4) is 0 Å². The van der Waals surface area contributed by atoms with Crippen molar-refractivity contribution in [3.8, 4) is 5.75 Å². The number of rotatable bonds is 4. The first-order valence-electron chi connectivity index (χ1n) is 8.72. The van der Waals surface area contributed by atoms with Crippen LogP contribution in [0.2, 0.25) is 10.0 Å². The van der Waals surface area contributed by atoms with Gasteiger partial charge in [-0.3, -0.25) is 4.79 Å². The Morgan fingerprint density at radius 1 is 1.00 bits per heavy atom.